The van der Waals surface area contributed by atoms with Crippen molar-refractivity contribution in [2.45, 2.75) is 6.18 Å². The van der Waals surface area contributed by atoms with Gasteiger partial charge in [-0.1, -0.05) is 33.3 Å². The summed E-state index contributed by atoms with van der Waals surface area (Å²) in [6.45, 7) is 2.80. The van der Waals surface area contributed by atoms with Crippen LogP contribution in [0.5, 0.6) is 0 Å². The molecule has 2 aromatic carbocycles. The molecule has 3 aromatic rings. The summed E-state index contributed by atoms with van der Waals surface area (Å²) in [5, 5.41) is 0.960. The molecular formula is C18H15BrF3N3S. The van der Waals surface area contributed by atoms with Gasteiger partial charge in [0, 0.05) is 36.3 Å². The van der Waals surface area contributed by atoms with Gasteiger partial charge in [0.15, 0.2) is 5.13 Å². The quantitative estimate of drug-likeness (QED) is 0.530. The van der Waals surface area contributed by atoms with Crippen LogP contribution >= 0.6 is 27.3 Å². The zero-order chi connectivity index (χ0) is 18.3. The summed E-state index contributed by atoms with van der Waals surface area (Å²) in [7, 11) is 0. The molecule has 0 atom stereocenters. The van der Waals surface area contributed by atoms with Gasteiger partial charge in [0.1, 0.15) is 0 Å². The number of alkyl halides is 3. The van der Waals surface area contributed by atoms with Crippen LogP contribution in [0.25, 0.3) is 10.2 Å². The Morgan fingerprint density at radius 1 is 0.962 bits per heavy atom. The third kappa shape index (κ3) is 3.53. The molecule has 0 N–H and O–H groups in total. The maximum atomic E-state index is 12.9. The first-order chi connectivity index (χ1) is 12.4. The minimum absolute atomic E-state index is 0.603. The van der Waals surface area contributed by atoms with Gasteiger partial charge >= 0.3 is 6.18 Å². The Morgan fingerprint density at radius 3 is 2.42 bits per heavy atom. The number of nitrogens with zero attached hydrogens (tertiary/aromatic N) is 3. The summed E-state index contributed by atoms with van der Waals surface area (Å²) in [4.78, 5) is 8.87. The van der Waals surface area contributed by atoms with Crippen molar-refractivity contribution in [1.82, 2.24) is 4.98 Å². The monoisotopic (exact) mass is 441 g/mol. The van der Waals surface area contributed by atoms with Crippen LogP contribution in [0.4, 0.5) is 24.0 Å². The van der Waals surface area contributed by atoms with Gasteiger partial charge in [-0.3, -0.25) is 0 Å². The first kappa shape index (κ1) is 17.6. The molecule has 4 rings (SSSR count). The largest absolute Gasteiger partial charge is 0.416 e. The van der Waals surface area contributed by atoms with Crippen molar-refractivity contribution in [2.75, 3.05) is 36.0 Å². The van der Waals surface area contributed by atoms with Crippen molar-refractivity contribution in [1.29, 1.82) is 0 Å². The highest BCUT2D eigenvalue weighted by Crippen LogP contribution is 2.33. The normalized spacial score (nSPS) is 15.7. The minimum atomic E-state index is -4.31. The van der Waals surface area contributed by atoms with E-state index in [9.17, 15) is 13.2 Å². The van der Waals surface area contributed by atoms with Gasteiger partial charge in [0.05, 0.1) is 15.8 Å². The highest BCUT2D eigenvalue weighted by Gasteiger charge is 2.31. The van der Waals surface area contributed by atoms with E-state index in [2.05, 4.69) is 31.9 Å². The Morgan fingerprint density at radius 2 is 1.69 bits per heavy atom. The SMILES string of the molecule is FC(F)(F)c1cccc(N2CCN(c3nc4ccc(Br)cc4s3)CC2)c1. The lowest BCUT2D eigenvalue weighted by Crippen LogP contribution is -2.46. The lowest BCUT2D eigenvalue weighted by Gasteiger charge is -2.36. The Kier molecular flexibility index (Phi) is 4.56. The molecule has 26 heavy (non-hydrogen) atoms. The molecule has 136 valence electrons. The molecular weight excluding hydrogens is 427 g/mol. The fourth-order valence-corrected chi connectivity index (χ4v) is 4.63. The molecule has 0 unspecified atom stereocenters. The van der Waals surface area contributed by atoms with Crippen molar-refractivity contribution in [2.24, 2.45) is 0 Å². The molecule has 0 bridgehead atoms. The summed E-state index contributed by atoms with van der Waals surface area (Å²) in [5.74, 6) is 0. The van der Waals surface area contributed by atoms with Crippen LogP contribution < -0.4 is 9.80 Å². The number of hydrogen-bond donors (Lipinski definition) is 0. The molecule has 1 aromatic heterocycles. The van der Waals surface area contributed by atoms with E-state index in [1.54, 1.807) is 17.4 Å². The van der Waals surface area contributed by atoms with Crippen LogP contribution in [0.1, 0.15) is 5.56 Å². The summed E-state index contributed by atoms with van der Waals surface area (Å²) < 4.78 is 40.9. The zero-order valence-electron chi connectivity index (χ0n) is 13.6. The maximum Gasteiger partial charge on any atom is 0.416 e. The summed E-state index contributed by atoms with van der Waals surface area (Å²) in [5.41, 5.74) is 0.982. The number of halogens is 4. The zero-order valence-corrected chi connectivity index (χ0v) is 16.0. The van der Waals surface area contributed by atoms with E-state index in [-0.39, 0.29) is 0 Å². The van der Waals surface area contributed by atoms with E-state index in [1.165, 1.54) is 12.1 Å². The first-order valence-electron chi connectivity index (χ1n) is 8.13. The van der Waals surface area contributed by atoms with Gasteiger partial charge in [-0.2, -0.15) is 13.2 Å². The molecule has 1 aliphatic rings. The number of benzene rings is 2. The van der Waals surface area contributed by atoms with Crippen LogP contribution in [0.15, 0.2) is 46.9 Å². The fourth-order valence-electron chi connectivity index (χ4n) is 3.06. The second-order valence-electron chi connectivity index (χ2n) is 6.13. The fraction of sp³-hybridized carbons (Fsp3) is 0.278. The molecule has 0 radical (unpaired) electrons. The average molecular weight is 442 g/mol. The highest BCUT2D eigenvalue weighted by molar-refractivity contribution is 9.10. The Balaban J connectivity index is 1.48. The molecule has 1 saturated heterocycles. The van der Waals surface area contributed by atoms with Crippen LogP contribution in [-0.2, 0) is 6.18 Å². The Hall–Kier alpha value is -1.80. The van der Waals surface area contributed by atoms with E-state index in [0.29, 0.717) is 18.8 Å². The Labute approximate surface area is 161 Å². The van der Waals surface area contributed by atoms with Crippen LogP contribution in [0.2, 0.25) is 0 Å². The molecule has 3 nitrogen and oxygen atoms in total. The minimum Gasteiger partial charge on any atom is -0.368 e. The van der Waals surface area contributed by atoms with Crippen LogP contribution in [-0.4, -0.2) is 31.2 Å². The summed E-state index contributed by atoms with van der Waals surface area (Å²) >= 11 is 5.11. The van der Waals surface area contributed by atoms with Gasteiger partial charge in [-0.15, -0.1) is 0 Å². The van der Waals surface area contributed by atoms with Gasteiger partial charge in [0.2, 0.25) is 0 Å². The van der Waals surface area contributed by atoms with Gasteiger partial charge < -0.3 is 9.80 Å². The molecule has 0 saturated carbocycles. The van der Waals surface area contributed by atoms with Gasteiger partial charge in [0.25, 0.3) is 0 Å². The third-order valence-electron chi connectivity index (χ3n) is 4.43. The van der Waals surface area contributed by atoms with E-state index >= 15 is 0 Å². The molecule has 1 fully saturated rings. The summed E-state index contributed by atoms with van der Waals surface area (Å²) in [6.07, 6.45) is -4.31. The van der Waals surface area contributed by atoms with Crippen LogP contribution in [0, 0.1) is 0 Å². The molecule has 0 aliphatic carbocycles. The number of rotatable bonds is 2. The molecule has 0 amide bonds. The van der Waals surface area contributed by atoms with Crippen molar-refractivity contribution < 1.29 is 13.2 Å². The first-order valence-corrected chi connectivity index (χ1v) is 9.74. The number of piperazine rings is 1. The predicted octanol–water partition coefficient (Wildman–Crippen LogP) is 5.40. The van der Waals surface area contributed by atoms with E-state index in [0.717, 1.165) is 39.0 Å². The van der Waals surface area contributed by atoms with Crippen molar-refractivity contribution >= 4 is 48.3 Å². The predicted molar refractivity (Wildman–Crippen MR) is 103 cm³/mol. The molecule has 1 aliphatic heterocycles. The van der Waals surface area contributed by atoms with Gasteiger partial charge in [-0.05, 0) is 36.4 Å². The second kappa shape index (κ2) is 6.74. The van der Waals surface area contributed by atoms with E-state index < -0.39 is 11.7 Å². The third-order valence-corrected chi connectivity index (χ3v) is 6.00. The number of thiazole rings is 1. The van der Waals surface area contributed by atoms with Crippen LogP contribution in [0.3, 0.4) is 0 Å². The lowest BCUT2D eigenvalue weighted by molar-refractivity contribution is -0.137. The number of hydrogen-bond acceptors (Lipinski definition) is 4. The van der Waals surface area contributed by atoms with E-state index in [1.807, 2.05) is 17.0 Å². The topological polar surface area (TPSA) is 19.4 Å². The second-order valence-corrected chi connectivity index (χ2v) is 8.06. The maximum absolute atomic E-state index is 12.9. The van der Waals surface area contributed by atoms with Crippen molar-refractivity contribution in [3.63, 3.8) is 0 Å². The molecule has 8 heteroatoms. The van der Waals surface area contributed by atoms with E-state index in [4.69, 9.17) is 0 Å². The number of anilines is 2. The lowest BCUT2D eigenvalue weighted by atomic mass is 10.1. The Bertz CT molecular complexity index is 933. The number of fused-ring (bicyclic) bond motifs is 1. The van der Waals surface area contributed by atoms with Crippen molar-refractivity contribution in [3.8, 4) is 0 Å². The summed E-state index contributed by atoms with van der Waals surface area (Å²) in [6, 6.07) is 11.5. The molecule has 2 heterocycles. The highest BCUT2D eigenvalue weighted by atomic mass is 79.9. The van der Waals surface area contributed by atoms with Gasteiger partial charge in [-0.25, -0.2) is 4.98 Å². The average Bonchev–Trinajstić information content (AvgIpc) is 3.04. The molecule has 0 spiro atoms. The smallest absolute Gasteiger partial charge is 0.368 e. The standard InChI is InChI=1S/C18H15BrF3N3S/c19-13-4-5-15-16(11-13)26-17(23-15)25-8-6-24(7-9-25)14-3-1-2-12(10-14)18(20,21)22/h1-5,10-11H,6-9H2. The number of aromatic nitrogens is 1. The van der Waals surface area contributed by atoms with Crippen molar-refractivity contribution in [3.05, 3.63) is 52.5 Å².